The third-order valence-corrected chi connectivity index (χ3v) is 5.97. The number of pyridine rings is 1. The number of carbonyl (C=O) groups excluding carboxylic acids is 2. The molecule has 0 aliphatic heterocycles. The quantitative estimate of drug-likeness (QED) is 0.447. The molecular weight excluding hydrogens is 464 g/mol. The summed E-state index contributed by atoms with van der Waals surface area (Å²) in [7, 11) is 4.32. The molecule has 0 atom stereocenters. The van der Waals surface area contributed by atoms with E-state index >= 15 is 0 Å². The number of carbonyl (C=O) groups is 3. The number of nitrogens with zero attached hydrogens (tertiary/aromatic N) is 2. The standard InChI is InChI=1S/C27H26N2O7/c1-29(17-9-10-17)25(30)21-12-11-18(24(28-21)27(33)35-3)19-13-22(34-2)23(14-20(19)26(31)32)36-15-16-7-5-4-6-8-16/h4-8,11-14,17H,9-10,15H2,1-3H3,(H,31,32). The number of amides is 1. The zero-order valence-electron chi connectivity index (χ0n) is 20.2. The maximum absolute atomic E-state index is 12.8. The van der Waals surface area contributed by atoms with Crippen LogP contribution in [0.5, 0.6) is 11.5 Å². The molecule has 0 radical (unpaired) electrons. The number of methoxy groups -OCH3 is 2. The molecule has 1 aromatic heterocycles. The van der Waals surface area contributed by atoms with Crippen molar-refractivity contribution in [3.8, 4) is 22.6 Å². The van der Waals surface area contributed by atoms with Crippen LogP contribution >= 0.6 is 0 Å². The Morgan fingerprint density at radius 1 is 1.00 bits per heavy atom. The maximum atomic E-state index is 12.8. The van der Waals surface area contributed by atoms with Crippen molar-refractivity contribution < 1.29 is 33.7 Å². The summed E-state index contributed by atoms with van der Waals surface area (Å²) >= 11 is 0. The van der Waals surface area contributed by atoms with Crippen LogP contribution in [0, 0.1) is 0 Å². The summed E-state index contributed by atoms with van der Waals surface area (Å²) in [5.41, 5.74) is 1.04. The molecule has 186 valence electrons. The van der Waals surface area contributed by atoms with Crippen molar-refractivity contribution in [3.63, 3.8) is 0 Å². The second-order valence-corrected chi connectivity index (χ2v) is 8.36. The number of esters is 1. The van der Waals surface area contributed by atoms with E-state index in [1.165, 1.54) is 38.5 Å². The van der Waals surface area contributed by atoms with Crippen molar-refractivity contribution in [2.45, 2.75) is 25.5 Å². The second-order valence-electron chi connectivity index (χ2n) is 8.36. The van der Waals surface area contributed by atoms with Gasteiger partial charge in [0.25, 0.3) is 5.91 Å². The summed E-state index contributed by atoms with van der Waals surface area (Å²) < 4.78 is 16.2. The highest BCUT2D eigenvalue weighted by Crippen LogP contribution is 2.38. The average molecular weight is 491 g/mol. The second kappa shape index (κ2) is 10.5. The van der Waals surface area contributed by atoms with E-state index in [1.807, 2.05) is 30.3 Å². The van der Waals surface area contributed by atoms with Gasteiger partial charge in [-0.15, -0.1) is 0 Å². The van der Waals surface area contributed by atoms with E-state index in [-0.39, 0.29) is 58.1 Å². The summed E-state index contributed by atoms with van der Waals surface area (Å²) in [4.78, 5) is 43.6. The Morgan fingerprint density at radius 3 is 2.33 bits per heavy atom. The average Bonchev–Trinajstić information content (AvgIpc) is 3.76. The summed E-state index contributed by atoms with van der Waals surface area (Å²) in [6.45, 7) is 0.204. The smallest absolute Gasteiger partial charge is 0.357 e. The molecular formula is C27H26N2O7. The first-order chi connectivity index (χ1) is 17.3. The molecule has 9 nitrogen and oxygen atoms in total. The van der Waals surface area contributed by atoms with E-state index in [2.05, 4.69) is 4.98 Å². The van der Waals surface area contributed by atoms with Crippen LogP contribution < -0.4 is 9.47 Å². The Morgan fingerprint density at radius 2 is 1.72 bits per heavy atom. The molecule has 4 rings (SSSR count). The van der Waals surface area contributed by atoms with E-state index < -0.39 is 11.9 Å². The molecule has 0 unspecified atom stereocenters. The third-order valence-electron chi connectivity index (χ3n) is 5.97. The van der Waals surface area contributed by atoms with Crippen molar-refractivity contribution in [1.29, 1.82) is 0 Å². The highest BCUT2D eigenvalue weighted by Gasteiger charge is 2.32. The van der Waals surface area contributed by atoms with Crippen LogP contribution in [-0.4, -0.2) is 60.1 Å². The number of ether oxygens (including phenoxy) is 3. The Labute approximate surface area is 208 Å². The van der Waals surface area contributed by atoms with Gasteiger partial charge in [-0.05, 0) is 42.7 Å². The van der Waals surface area contributed by atoms with Crippen LogP contribution in [0.2, 0.25) is 0 Å². The van der Waals surface area contributed by atoms with Gasteiger partial charge in [0, 0.05) is 24.2 Å². The number of carboxylic acids is 1. The molecule has 1 aliphatic carbocycles. The first-order valence-electron chi connectivity index (χ1n) is 11.3. The lowest BCUT2D eigenvalue weighted by atomic mass is 9.96. The summed E-state index contributed by atoms with van der Waals surface area (Å²) in [5, 5.41) is 9.98. The van der Waals surface area contributed by atoms with Crippen molar-refractivity contribution >= 4 is 17.8 Å². The molecule has 36 heavy (non-hydrogen) atoms. The van der Waals surface area contributed by atoms with Gasteiger partial charge in [0.2, 0.25) is 0 Å². The van der Waals surface area contributed by atoms with E-state index in [0.29, 0.717) is 0 Å². The van der Waals surface area contributed by atoms with E-state index in [1.54, 1.807) is 11.9 Å². The number of hydrogen-bond acceptors (Lipinski definition) is 7. The van der Waals surface area contributed by atoms with Crippen LogP contribution in [0.15, 0.2) is 54.6 Å². The maximum Gasteiger partial charge on any atom is 0.357 e. The zero-order valence-corrected chi connectivity index (χ0v) is 20.2. The highest BCUT2D eigenvalue weighted by molar-refractivity contribution is 6.03. The molecule has 0 saturated heterocycles. The lowest BCUT2D eigenvalue weighted by Crippen LogP contribution is -2.30. The monoisotopic (exact) mass is 490 g/mol. The highest BCUT2D eigenvalue weighted by atomic mass is 16.5. The van der Waals surface area contributed by atoms with E-state index in [9.17, 15) is 19.5 Å². The minimum Gasteiger partial charge on any atom is -0.493 e. The molecule has 1 amide bonds. The van der Waals surface area contributed by atoms with Gasteiger partial charge in [0.05, 0.1) is 19.8 Å². The Balaban J connectivity index is 1.77. The molecule has 0 bridgehead atoms. The molecule has 0 spiro atoms. The summed E-state index contributed by atoms with van der Waals surface area (Å²) in [6, 6.07) is 15.4. The number of aromatic carboxylic acids is 1. The largest absolute Gasteiger partial charge is 0.493 e. The van der Waals surface area contributed by atoms with Gasteiger partial charge in [-0.2, -0.15) is 0 Å². The SMILES string of the molecule is COC(=O)c1nc(C(=O)N(C)C2CC2)ccc1-c1cc(OC)c(OCc2ccccc2)cc1C(=O)O. The first-order valence-corrected chi connectivity index (χ1v) is 11.3. The minimum atomic E-state index is -1.23. The van der Waals surface area contributed by atoms with E-state index in [0.717, 1.165) is 18.4 Å². The molecule has 2 aromatic carbocycles. The molecule has 9 heteroatoms. The van der Waals surface area contributed by atoms with Gasteiger partial charge in [-0.25, -0.2) is 14.6 Å². The number of carboxylic acid groups (broad SMARTS) is 1. The van der Waals surface area contributed by atoms with Gasteiger partial charge in [0.15, 0.2) is 17.2 Å². The van der Waals surface area contributed by atoms with E-state index in [4.69, 9.17) is 14.2 Å². The molecule has 1 aliphatic rings. The van der Waals surface area contributed by atoms with Crippen LogP contribution in [0.25, 0.3) is 11.1 Å². The van der Waals surface area contributed by atoms with Gasteiger partial charge in [0.1, 0.15) is 12.3 Å². The predicted octanol–water partition coefficient (Wildman–Crippen LogP) is 4.06. The Hall–Kier alpha value is -4.40. The van der Waals surface area contributed by atoms with Crippen molar-refractivity contribution in [2.24, 2.45) is 0 Å². The fourth-order valence-electron chi connectivity index (χ4n) is 3.82. The van der Waals surface area contributed by atoms with Crippen LogP contribution in [0.4, 0.5) is 0 Å². The Kier molecular flexibility index (Phi) is 7.19. The molecule has 1 N–H and O–H groups in total. The molecule has 1 heterocycles. The Bertz CT molecular complexity index is 1300. The fourth-order valence-corrected chi connectivity index (χ4v) is 3.82. The van der Waals surface area contributed by atoms with Crippen molar-refractivity contribution in [3.05, 3.63) is 77.1 Å². The van der Waals surface area contributed by atoms with Crippen molar-refractivity contribution in [2.75, 3.05) is 21.3 Å². The molecule has 1 saturated carbocycles. The number of aromatic nitrogens is 1. The van der Waals surface area contributed by atoms with Crippen LogP contribution in [0.3, 0.4) is 0 Å². The van der Waals surface area contributed by atoms with Crippen LogP contribution in [-0.2, 0) is 11.3 Å². The molecule has 1 fully saturated rings. The predicted molar refractivity (Wildman–Crippen MR) is 130 cm³/mol. The number of rotatable bonds is 9. The lowest BCUT2D eigenvalue weighted by Gasteiger charge is -2.18. The molecule has 3 aromatic rings. The normalized spacial score (nSPS) is 12.5. The summed E-state index contributed by atoms with van der Waals surface area (Å²) in [5.74, 6) is -1.85. The van der Waals surface area contributed by atoms with Gasteiger partial charge < -0.3 is 24.2 Å². The van der Waals surface area contributed by atoms with Gasteiger partial charge >= 0.3 is 11.9 Å². The van der Waals surface area contributed by atoms with Gasteiger partial charge in [-0.3, -0.25) is 4.79 Å². The third kappa shape index (κ3) is 5.14. The first kappa shape index (κ1) is 24.7. The number of hydrogen-bond donors (Lipinski definition) is 1. The summed E-state index contributed by atoms with van der Waals surface area (Å²) in [6.07, 6.45) is 1.84. The number of benzene rings is 2. The topological polar surface area (TPSA) is 115 Å². The van der Waals surface area contributed by atoms with Crippen molar-refractivity contribution in [1.82, 2.24) is 9.88 Å². The zero-order chi connectivity index (χ0) is 25.8. The lowest BCUT2D eigenvalue weighted by molar-refractivity contribution is 0.0593. The minimum absolute atomic E-state index is 0.0696. The van der Waals surface area contributed by atoms with Gasteiger partial charge in [-0.1, -0.05) is 30.3 Å². The van der Waals surface area contributed by atoms with Crippen LogP contribution in [0.1, 0.15) is 49.7 Å². The fraction of sp³-hybridized carbons (Fsp3) is 0.259.